The van der Waals surface area contributed by atoms with Gasteiger partial charge in [0.15, 0.2) is 5.82 Å². The van der Waals surface area contributed by atoms with Gasteiger partial charge in [-0.15, -0.1) is 6.42 Å². The van der Waals surface area contributed by atoms with Gasteiger partial charge in [-0.2, -0.15) is 9.97 Å². The molecule has 170 valence electrons. The Morgan fingerprint density at radius 1 is 1.21 bits per heavy atom. The van der Waals surface area contributed by atoms with Crippen molar-refractivity contribution in [2.75, 3.05) is 25.1 Å². The van der Waals surface area contributed by atoms with E-state index in [0.29, 0.717) is 46.2 Å². The topological polar surface area (TPSA) is 80.6 Å². The number of ether oxygens (including phenoxy) is 2. The Hall–Kier alpha value is -3.96. The average Bonchev–Trinajstić information content (AvgIpc) is 3.20. The first-order chi connectivity index (χ1) is 16.6. The molecule has 0 radical (unpaired) electrons. The van der Waals surface area contributed by atoms with E-state index in [1.165, 1.54) is 13.2 Å². The van der Waals surface area contributed by atoms with Gasteiger partial charge in [0.25, 0.3) is 0 Å². The minimum absolute atomic E-state index is 0.0114. The summed E-state index contributed by atoms with van der Waals surface area (Å²) in [5.74, 6) is 2.58. The predicted octanol–water partition coefficient (Wildman–Crippen LogP) is 4.05. The summed E-state index contributed by atoms with van der Waals surface area (Å²) in [7, 11) is 1.45. The van der Waals surface area contributed by atoms with Crippen molar-refractivity contribution in [1.82, 2.24) is 15.0 Å². The Labute approximate surface area is 195 Å². The van der Waals surface area contributed by atoms with Gasteiger partial charge in [0.1, 0.15) is 22.8 Å². The molecule has 0 aliphatic carbocycles. The summed E-state index contributed by atoms with van der Waals surface area (Å²) < 4.78 is 27.4. The Balaban J connectivity index is 1.58. The number of aromatic hydroxyl groups is 1. The molecule has 0 saturated carbocycles. The molecular weight excluding hydrogens is 435 g/mol. The van der Waals surface area contributed by atoms with Crippen molar-refractivity contribution in [3.63, 3.8) is 0 Å². The molecule has 2 atom stereocenters. The maximum atomic E-state index is 16.1. The monoisotopic (exact) mass is 456 g/mol. The number of phenolic OH excluding ortho intramolecular Hbond substituents is 1. The number of hydrogen-bond acceptors (Lipinski definition) is 7. The summed E-state index contributed by atoms with van der Waals surface area (Å²) in [6.45, 7) is 1.33. The SMILES string of the molecule is C#Cc1cccc2cc(O)cc(-c3ncc4c(N5CC6CCC(C5)O6)nc(OC)nc4c3F)c12. The third-order valence-electron chi connectivity index (χ3n) is 6.54. The van der Waals surface area contributed by atoms with Crippen molar-refractivity contribution in [2.45, 2.75) is 25.0 Å². The van der Waals surface area contributed by atoms with Crippen LogP contribution in [0.1, 0.15) is 18.4 Å². The Morgan fingerprint density at radius 2 is 2.00 bits per heavy atom. The molecule has 34 heavy (non-hydrogen) atoms. The first-order valence-electron chi connectivity index (χ1n) is 11.1. The van der Waals surface area contributed by atoms with Gasteiger partial charge in [0.2, 0.25) is 0 Å². The molecule has 2 unspecified atom stereocenters. The minimum Gasteiger partial charge on any atom is -0.508 e. The van der Waals surface area contributed by atoms with E-state index >= 15 is 4.39 Å². The molecule has 1 N–H and O–H groups in total. The van der Waals surface area contributed by atoms with Gasteiger partial charge >= 0.3 is 6.01 Å². The zero-order chi connectivity index (χ0) is 23.4. The molecular formula is C26H21FN4O3. The van der Waals surface area contributed by atoms with Crippen LogP contribution in [0.15, 0.2) is 36.5 Å². The van der Waals surface area contributed by atoms with Crippen molar-refractivity contribution in [1.29, 1.82) is 0 Å². The van der Waals surface area contributed by atoms with Gasteiger partial charge in [-0.3, -0.25) is 4.98 Å². The second-order valence-electron chi connectivity index (χ2n) is 8.62. The second-order valence-corrected chi connectivity index (χ2v) is 8.62. The number of phenols is 1. The van der Waals surface area contributed by atoms with Crippen LogP contribution in [0.4, 0.5) is 10.2 Å². The molecule has 2 fully saturated rings. The number of nitrogens with zero attached hydrogens (tertiary/aromatic N) is 4. The van der Waals surface area contributed by atoms with Crippen molar-refractivity contribution < 1.29 is 19.0 Å². The fourth-order valence-electron chi connectivity index (χ4n) is 5.05. The number of benzene rings is 2. The first kappa shape index (κ1) is 20.6. The molecule has 8 heteroatoms. The van der Waals surface area contributed by atoms with Crippen LogP contribution in [0, 0.1) is 18.2 Å². The summed E-state index contributed by atoms with van der Waals surface area (Å²) in [5.41, 5.74) is 1.12. The van der Waals surface area contributed by atoms with Crippen LogP contribution in [0.25, 0.3) is 32.9 Å². The van der Waals surface area contributed by atoms with Gasteiger partial charge in [0.05, 0.1) is 24.7 Å². The lowest BCUT2D eigenvalue weighted by atomic mass is 9.96. The maximum Gasteiger partial charge on any atom is 0.318 e. The number of morpholine rings is 1. The summed E-state index contributed by atoms with van der Waals surface area (Å²) in [4.78, 5) is 15.4. The van der Waals surface area contributed by atoms with E-state index in [1.807, 2.05) is 6.07 Å². The molecule has 6 rings (SSSR count). The van der Waals surface area contributed by atoms with E-state index in [-0.39, 0.29) is 35.2 Å². The van der Waals surface area contributed by atoms with Crippen LogP contribution in [0.2, 0.25) is 0 Å². The van der Waals surface area contributed by atoms with Gasteiger partial charge in [-0.05, 0) is 36.4 Å². The van der Waals surface area contributed by atoms with Crippen LogP contribution in [-0.4, -0.2) is 52.5 Å². The van der Waals surface area contributed by atoms with Gasteiger partial charge in [-0.1, -0.05) is 18.1 Å². The molecule has 0 amide bonds. The average molecular weight is 456 g/mol. The first-order valence-corrected chi connectivity index (χ1v) is 11.1. The van der Waals surface area contributed by atoms with Crippen LogP contribution in [0.3, 0.4) is 0 Å². The number of fused-ring (bicyclic) bond motifs is 4. The standard InChI is InChI=1S/C26H21FN4O3/c1-3-14-5-4-6-15-9-16(32)10-19(21(14)15)23-22(27)24-20(11-28-23)25(30-26(29-24)33-2)31-12-17-7-8-18(13-31)34-17/h1,4-6,9-11,17-18,32H,7-8,12-13H2,2H3. The summed E-state index contributed by atoms with van der Waals surface area (Å²) in [6.07, 6.45) is 9.56. The molecule has 2 bridgehead atoms. The number of terminal acetylenes is 1. The van der Waals surface area contributed by atoms with Crippen LogP contribution in [-0.2, 0) is 4.74 Å². The normalized spacial score (nSPS) is 19.5. The van der Waals surface area contributed by atoms with Crippen molar-refractivity contribution >= 4 is 27.5 Å². The van der Waals surface area contributed by atoms with E-state index in [0.717, 1.165) is 12.8 Å². The number of methoxy groups -OCH3 is 1. The number of pyridine rings is 1. The smallest absolute Gasteiger partial charge is 0.318 e. The zero-order valence-electron chi connectivity index (χ0n) is 18.5. The highest BCUT2D eigenvalue weighted by Gasteiger charge is 2.35. The highest BCUT2D eigenvalue weighted by Crippen LogP contribution is 2.39. The van der Waals surface area contributed by atoms with Gasteiger partial charge in [-0.25, -0.2) is 4.39 Å². The fraction of sp³-hybridized carbons (Fsp3) is 0.269. The minimum atomic E-state index is -0.630. The molecule has 0 spiro atoms. The lowest BCUT2D eigenvalue weighted by Crippen LogP contribution is -2.43. The van der Waals surface area contributed by atoms with E-state index in [2.05, 4.69) is 25.8 Å². The second kappa shape index (κ2) is 7.82. The Kier molecular flexibility index (Phi) is 4.74. The number of rotatable bonds is 3. The summed E-state index contributed by atoms with van der Waals surface area (Å²) in [5, 5.41) is 12.1. The number of halogens is 1. The van der Waals surface area contributed by atoms with E-state index in [9.17, 15) is 5.11 Å². The molecule has 2 aromatic heterocycles. The van der Waals surface area contributed by atoms with Crippen molar-refractivity contribution in [3.05, 3.63) is 47.9 Å². The van der Waals surface area contributed by atoms with Crippen molar-refractivity contribution in [3.8, 4) is 35.4 Å². The van der Waals surface area contributed by atoms with Crippen molar-refractivity contribution in [2.24, 2.45) is 0 Å². The van der Waals surface area contributed by atoms with E-state index < -0.39 is 5.82 Å². The van der Waals surface area contributed by atoms with Gasteiger partial charge < -0.3 is 19.5 Å². The lowest BCUT2D eigenvalue weighted by molar-refractivity contribution is 0.0303. The third-order valence-corrected chi connectivity index (χ3v) is 6.54. The molecule has 2 aliphatic heterocycles. The third kappa shape index (κ3) is 3.20. The predicted molar refractivity (Wildman–Crippen MR) is 126 cm³/mol. The quantitative estimate of drug-likeness (QED) is 0.466. The number of anilines is 1. The van der Waals surface area contributed by atoms with Gasteiger partial charge in [0, 0.05) is 35.8 Å². The highest BCUT2D eigenvalue weighted by atomic mass is 19.1. The Morgan fingerprint density at radius 3 is 2.74 bits per heavy atom. The molecule has 2 aromatic carbocycles. The Bertz CT molecular complexity index is 1490. The number of hydrogen-bond donors (Lipinski definition) is 1. The van der Waals surface area contributed by atoms with E-state index in [1.54, 1.807) is 24.4 Å². The van der Waals surface area contributed by atoms with E-state index in [4.69, 9.17) is 15.9 Å². The van der Waals surface area contributed by atoms with Crippen LogP contribution < -0.4 is 9.64 Å². The lowest BCUT2D eigenvalue weighted by Gasteiger charge is -2.33. The largest absolute Gasteiger partial charge is 0.508 e. The molecule has 7 nitrogen and oxygen atoms in total. The molecule has 4 heterocycles. The van der Waals surface area contributed by atoms with Crippen LogP contribution in [0.5, 0.6) is 11.8 Å². The molecule has 4 aromatic rings. The highest BCUT2D eigenvalue weighted by molar-refractivity contribution is 6.02. The fourth-order valence-corrected chi connectivity index (χ4v) is 5.05. The summed E-state index contributed by atoms with van der Waals surface area (Å²) in [6, 6.07) is 8.52. The summed E-state index contributed by atoms with van der Waals surface area (Å²) >= 11 is 0. The maximum absolute atomic E-state index is 16.1. The molecule has 2 aliphatic rings. The number of aromatic nitrogens is 3. The molecule has 2 saturated heterocycles. The van der Waals surface area contributed by atoms with Crippen LogP contribution >= 0.6 is 0 Å². The zero-order valence-corrected chi connectivity index (χ0v) is 18.5.